The number of hydrogen-bond donors (Lipinski definition) is 2. The van der Waals surface area contributed by atoms with Crippen LogP contribution in [0.2, 0.25) is 0 Å². The lowest BCUT2D eigenvalue weighted by Crippen LogP contribution is -2.50. The number of hydrogen-bond acceptors (Lipinski definition) is 3. The van der Waals surface area contributed by atoms with Crippen molar-refractivity contribution in [1.82, 2.24) is 10.2 Å². The van der Waals surface area contributed by atoms with Crippen molar-refractivity contribution in [2.75, 3.05) is 13.1 Å². The fourth-order valence-electron chi connectivity index (χ4n) is 2.09. The number of carboxylic acids is 1. The summed E-state index contributed by atoms with van der Waals surface area (Å²) in [4.78, 5) is 35.7. The van der Waals surface area contributed by atoms with Crippen LogP contribution in [0.25, 0.3) is 0 Å². The number of carbonyl (C=O) groups is 3. The van der Waals surface area contributed by atoms with E-state index in [1.165, 1.54) is 11.8 Å². The molecule has 0 bridgehead atoms. The first-order valence-electron chi connectivity index (χ1n) is 6.11. The zero-order valence-electron chi connectivity index (χ0n) is 11.0. The number of rotatable bonds is 4. The number of nitrogens with one attached hydrogen (secondary N) is 1. The third-order valence-electron chi connectivity index (χ3n) is 3.14. The zero-order chi connectivity index (χ0) is 13.9. The molecule has 0 aromatic rings. The highest BCUT2D eigenvalue weighted by atomic mass is 16.4. The van der Waals surface area contributed by atoms with Crippen LogP contribution < -0.4 is 5.32 Å². The summed E-state index contributed by atoms with van der Waals surface area (Å²) in [6, 6.07) is -0.574. The highest BCUT2D eigenvalue weighted by Gasteiger charge is 2.35. The van der Waals surface area contributed by atoms with Gasteiger partial charge in [-0.1, -0.05) is 13.8 Å². The summed E-state index contributed by atoms with van der Waals surface area (Å²) < 4.78 is 0. The van der Waals surface area contributed by atoms with E-state index in [0.717, 1.165) is 0 Å². The molecule has 0 aromatic heterocycles. The summed E-state index contributed by atoms with van der Waals surface area (Å²) in [7, 11) is 0. The first-order valence-corrected chi connectivity index (χ1v) is 6.11. The van der Waals surface area contributed by atoms with Crippen molar-refractivity contribution in [2.45, 2.75) is 33.2 Å². The van der Waals surface area contributed by atoms with E-state index in [4.69, 9.17) is 5.11 Å². The maximum Gasteiger partial charge on any atom is 0.308 e. The summed E-state index contributed by atoms with van der Waals surface area (Å²) in [5.41, 5.74) is 0. The Hall–Kier alpha value is -1.59. The minimum Gasteiger partial charge on any atom is -0.481 e. The van der Waals surface area contributed by atoms with Crippen molar-refractivity contribution in [3.8, 4) is 0 Å². The van der Waals surface area contributed by atoms with Gasteiger partial charge in [0, 0.05) is 20.0 Å². The van der Waals surface area contributed by atoms with Gasteiger partial charge in [0.2, 0.25) is 11.8 Å². The Labute approximate surface area is 106 Å². The largest absolute Gasteiger partial charge is 0.481 e. The third-order valence-corrected chi connectivity index (χ3v) is 3.14. The molecule has 6 nitrogen and oxygen atoms in total. The second kappa shape index (κ2) is 5.84. The summed E-state index contributed by atoms with van der Waals surface area (Å²) in [5.74, 6) is -1.82. The Balaban J connectivity index is 2.67. The van der Waals surface area contributed by atoms with Crippen molar-refractivity contribution in [3.63, 3.8) is 0 Å². The Bertz CT molecular complexity index is 354. The fourth-order valence-corrected chi connectivity index (χ4v) is 2.09. The van der Waals surface area contributed by atoms with E-state index in [-0.39, 0.29) is 24.3 Å². The van der Waals surface area contributed by atoms with Crippen LogP contribution in [0, 0.1) is 11.8 Å². The molecule has 2 atom stereocenters. The van der Waals surface area contributed by atoms with E-state index in [1.54, 1.807) is 0 Å². The maximum atomic E-state index is 12.2. The Morgan fingerprint density at radius 1 is 1.33 bits per heavy atom. The third kappa shape index (κ3) is 3.45. The molecule has 1 aliphatic heterocycles. The Kier molecular flexibility index (Phi) is 4.69. The minimum absolute atomic E-state index is 0.0229. The molecule has 18 heavy (non-hydrogen) atoms. The van der Waals surface area contributed by atoms with Gasteiger partial charge in [0.15, 0.2) is 0 Å². The number of carbonyl (C=O) groups excluding carboxylic acids is 2. The Morgan fingerprint density at radius 2 is 1.94 bits per heavy atom. The normalized spacial score (nSPS) is 20.9. The monoisotopic (exact) mass is 256 g/mol. The second-order valence-electron chi connectivity index (χ2n) is 5.03. The quantitative estimate of drug-likeness (QED) is 0.745. The van der Waals surface area contributed by atoms with Gasteiger partial charge in [0.25, 0.3) is 0 Å². The molecule has 102 valence electrons. The van der Waals surface area contributed by atoms with Gasteiger partial charge >= 0.3 is 5.97 Å². The molecule has 1 saturated heterocycles. The number of likely N-dealkylation sites (tertiary alicyclic amines) is 1. The summed E-state index contributed by atoms with van der Waals surface area (Å²) in [6.45, 7) is 5.74. The molecule has 0 aromatic carbocycles. The van der Waals surface area contributed by atoms with Crippen LogP contribution in [0.15, 0.2) is 0 Å². The van der Waals surface area contributed by atoms with E-state index in [2.05, 4.69) is 5.32 Å². The van der Waals surface area contributed by atoms with E-state index >= 15 is 0 Å². The van der Waals surface area contributed by atoms with Gasteiger partial charge in [-0.25, -0.2) is 0 Å². The van der Waals surface area contributed by atoms with E-state index < -0.39 is 17.9 Å². The van der Waals surface area contributed by atoms with E-state index in [1.807, 2.05) is 13.8 Å². The maximum absolute atomic E-state index is 12.2. The minimum atomic E-state index is -0.870. The summed E-state index contributed by atoms with van der Waals surface area (Å²) in [5, 5.41) is 11.5. The van der Waals surface area contributed by atoms with Gasteiger partial charge in [-0.2, -0.15) is 0 Å². The number of carboxylic acid groups (broad SMARTS) is 1. The molecule has 1 rings (SSSR count). The lowest BCUT2D eigenvalue weighted by Gasteiger charge is -2.26. The van der Waals surface area contributed by atoms with Crippen LogP contribution in [-0.2, 0) is 14.4 Å². The Morgan fingerprint density at radius 3 is 2.33 bits per heavy atom. The molecule has 6 heteroatoms. The molecule has 2 amide bonds. The molecular weight excluding hydrogens is 236 g/mol. The fraction of sp³-hybridized carbons (Fsp3) is 0.750. The molecule has 2 N–H and O–H groups in total. The van der Waals surface area contributed by atoms with Crippen molar-refractivity contribution in [1.29, 1.82) is 0 Å². The zero-order valence-corrected chi connectivity index (χ0v) is 11.0. The second-order valence-corrected chi connectivity index (χ2v) is 5.03. The lowest BCUT2D eigenvalue weighted by atomic mass is 10.0. The van der Waals surface area contributed by atoms with Crippen LogP contribution >= 0.6 is 0 Å². The van der Waals surface area contributed by atoms with Gasteiger partial charge < -0.3 is 15.3 Å². The molecule has 1 aliphatic rings. The van der Waals surface area contributed by atoms with Gasteiger partial charge in [0.1, 0.15) is 6.04 Å². The lowest BCUT2D eigenvalue weighted by molar-refractivity contribution is -0.142. The van der Waals surface area contributed by atoms with Crippen LogP contribution in [0.1, 0.15) is 27.2 Å². The molecule has 0 aliphatic carbocycles. The van der Waals surface area contributed by atoms with Crippen molar-refractivity contribution in [2.24, 2.45) is 11.8 Å². The van der Waals surface area contributed by atoms with E-state index in [0.29, 0.717) is 13.0 Å². The molecular formula is C12H20N2O4. The first kappa shape index (κ1) is 14.5. The molecule has 0 spiro atoms. The van der Waals surface area contributed by atoms with Crippen molar-refractivity contribution < 1.29 is 19.5 Å². The van der Waals surface area contributed by atoms with Gasteiger partial charge in [0.05, 0.1) is 5.92 Å². The summed E-state index contributed by atoms with van der Waals surface area (Å²) in [6.07, 6.45) is 0.478. The highest BCUT2D eigenvalue weighted by Crippen LogP contribution is 2.18. The smallest absolute Gasteiger partial charge is 0.308 e. The molecule has 2 unspecified atom stereocenters. The molecule has 0 saturated carbocycles. The van der Waals surface area contributed by atoms with Crippen LogP contribution in [0.3, 0.4) is 0 Å². The van der Waals surface area contributed by atoms with Crippen LogP contribution in [-0.4, -0.2) is 46.9 Å². The van der Waals surface area contributed by atoms with Gasteiger partial charge in [-0.15, -0.1) is 0 Å². The summed E-state index contributed by atoms with van der Waals surface area (Å²) >= 11 is 0. The van der Waals surface area contributed by atoms with E-state index in [9.17, 15) is 14.4 Å². The van der Waals surface area contributed by atoms with Crippen molar-refractivity contribution >= 4 is 17.8 Å². The number of nitrogens with zero attached hydrogens (tertiary/aromatic N) is 1. The van der Waals surface area contributed by atoms with Crippen LogP contribution in [0.4, 0.5) is 0 Å². The standard InChI is InChI=1S/C12H20N2O4/c1-7(2)10(13-8(3)15)11(16)14-5-4-9(6-14)12(17)18/h7,9-10H,4-6H2,1-3H3,(H,13,15)(H,17,18). The molecule has 1 fully saturated rings. The molecule has 1 heterocycles. The molecule has 0 radical (unpaired) electrons. The number of aliphatic carboxylic acids is 1. The topological polar surface area (TPSA) is 86.7 Å². The first-order chi connectivity index (χ1) is 8.32. The van der Waals surface area contributed by atoms with Gasteiger partial charge in [-0.05, 0) is 12.3 Å². The highest BCUT2D eigenvalue weighted by molar-refractivity contribution is 5.87. The average Bonchev–Trinajstić information content (AvgIpc) is 2.73. The van der Waals surface area contributed by atoms with Crippen LogP contribution in [0.5, 0.6) is 0 Å². The number of amides is 2. The predicted octanol–water partition coefficient (Wildman–Crippen LogP) is 0.0802. The predicted molar refractivity (Wildman–Crippen MR) is 64.8 cm³/mol. The average molecular weight is 256 g/mol. The SMILES string of the molecule is CC(=O)NC(C(=O)N1CCC(C(=O)O)C1)C(C)C. The van der Waals surface area contributed by atoms with Gasteiger partial charge in [-0.3, -0.25) is 14.4 Å². The van der Waals surface area contributed by atoms with Crippen molar-refractivity contribution in [3.05, 3.63) is 0 Å².